The van der Waals surface area contributed by atoms with Crippen LogP contribution in [0, 0.1) is 6.92 Å². The number of hydrogen-bond acceptors (Lipinski definition) is 5. The largest absolute Gasteiger partial charge is 0.507 e. The zero-order valence-electron chi connectivity index (χ0n) is 18.2. The Hall–Kier alpha value is -3.42. The molecule has 1 N–H and O–H groups in total. The van der Waals surface area contributed by atoms with Crippen LogP contribution in [0.3, 0.4) is 0 Å². The van der Waals surface area contributed by atoms with Crippen LogP contribution in [0.4, 0.5) is 5.69 Å². The van der Waals surface area contributed by atoms with Crippen LogP contribution in [0.1, 0.15) is 33.1 Å². The molecule has 1 fully saturated rings. The third-order valence-electron chi connectivity index (χ3n) is 5.64. The minimum absolute atomic E-state index is 0.0603. The van der Waals surface area contributed by atoms with Gasteiger partial charge in [0.05, 0.1) is 24.3 Å². The first-order valence-electron chi connectivity index (χ1n) is 10.2. The maximum Gasteiger partial charge on any atom is 0.337 e. The molecule has 0 radical (unpaired) electrons. The lowest BCUT2D eigenvalue weighted by Crippen LogP contribution is -2.29. The number of aliphatic hydroxyl groups excluding tert-OH is 1. The molecule has 1 aliphatic rings. The van der Waals surface area contributed by atoms with Crippen LogP contribution in [0.25, 0.3) is 5.76 Å². The second-order valence-electron chi connectivity index (χ2n) is 7.72. The Bertz CT molecular complexity index is 1330. The van der Waals surface area contributed by atoms with Gasteiger partial charge in [-0.3, -0.25) is 14.5 Å². The summed E-state index contributed by atoms with van der Waals surface area (Å²) in [6.45, 7) is 1.91. The molecule has 6 nitrogen and oxygen atoms in total. The Kier molecular flexibility index (Phi) is 6.59. The van der Waals surface area contributed by atoms with Gasteiger partial charge in [-0.1, -0.05) is 45.7 Å². The summed E-state index contributed by atoms with van der Waals surface area (Å²) in [6.07, 6.45) is 0. The molecule has 1 atom stereocenters. The Balaban J connectivity index is 1.92. The van der Waals surface area contributed by atoms with Crippen molar-refractivity contribution in [1.82, 2.24) is 0 Å². The molecular formula is C26H19BrClNO5. The van der Waals surface area contributed by atoms with Gasteiger partial charge in [0, 0.05) is 20.7 Å². The predicted octanol–water partition coefficient (Wildman–Crippen LogP) is 5.82. The van der Waals surface area contributed by atoms with Crippen LogP contribution in [0.15, 0.2) is 76.8 Å². The number of nitrogens with zero attached hydrogens (tertiary/aromatic N) is 1. The molecule has 0 aromatic heterocycles. The van der Waals surface area contributed by atoms with E-state index in [1.807, 2.05) is 13.0 Å². The van der Waals surface area contributed by atoms with E-state index in [-0.39, 0.29) is 11.3 Å². The quantitative estimate of drug-likeness (QED) is 0.195. The van der Waals surface area contributed by atoms with Gasteiger partial charge in [0.15, 0.2) is 0 Å². The van der Waals surface area contributed by atoms with E-state index in [4.69, 9.17) is 16.3 Å². The van der Waals surface area contributed by atoms with Gasteiger partial charge in [0.1, 0.15) is 5.76 Å². The lowest BCUT2D eigenvalue weighted by molar-refractivity contribution is -0.132. The average molecular weight is 541 g/mol. The summed E-state index contributed by atoms with van der Waals surface area (Å²) in [5, 5.41) is 11.6. The van der Waals surface area contributed by atoms with E-state index in [0.717, 1.165) is 10.0 Å². The van der Waals surface area contributed by atoms with Crippen molar-refractivity contribution in [3.05, 3.63) is 104 Å². The highest BCUT2D eigenvalue weighted by Gasteiger charge is 2.47. The van der Waals surface area contributed by atoms with Crippen molar-refractivity contribution in [2.75, 3.05) is 12.0 Å². The van der Waals surface area contributed by atoms with Crippen LogP contribution in [0.5, 0.6) is 0 Å². The molecule has 0 saturated carbocycles. The summed E-state index contributed by atoms with van der Waals surface area (Å²) >= 11 is 9.44. The van der Waals surface area contributed by atoms with Crippen LogP contribution in [-0.2, 0) is 14.3 Å². The van der Waals surface area contributed by atoms with E-state index < -0.39 is 23.7 Å². The van der Waals surface area contributed by atoms with Crippen LogP contribution in [0.2, 0.25) is 5.02 Å². The fourth-order valence-electron chi connectivity index (χ4n) is 3.83. The molecule has 3 aromatic rings. The number of methoxy groups -OCH3 is 1. The molecule has 1 saturated heterocycles. The molecule has 3 aromatic carbocycles. The highest BCUT2D eigenvalue weighted by atomic mass is 79.9. The van der Waals surface area contributed by atoms with Crippen molar-refractivity contribution in [2.45, 2.75) is 13.0 Å². The molecule has 4 rings (SSSR count). The van der Waals surface area contributed by atoms with Crippen molar-refractivity contribution < 1.29 is 24.2 Å². The minimum atomic E-state index is -0.919. The van der Waals surface area contributed by atoms with E-state index in [2.05, 4.69) is 15.9 Å². The number of anilines is 1. The number of amides is 1. The van der Waals surface area contributed by atoms with Gasteiger partial charge in [0.2, 0.25) is 0 Å². The van der Waals surface area contributed by atoms with E-state index in [1.54, 1.807) is 60.7 Å². The number of aliphatic hydroxyl groups is 1. The highest BCUT2D eigenvalue weighted by Crippen LogP contribution is 2.43. The molecule has 1 amide bonds. The molecule has 1 heterocycles. The number of Topliss-reactive ketones (excluding diaryl/α,β-unsaturated/α-hetero) is 1. The number of halogens is 2. The van der Waals surface area contributed by atoms with Gasteiger partial charge in [-0.15, -0.1) is 0 Å². The van der Waals surface area contributed by atoms with Crippen molar-refractivity contribution in [3.8, 4) is 0 Å². The summed E-state index contributed by atoms with van der Waals surface area (Å²) < 4.78 is 5.52. The number of carbonyl (C=O) groups excluding carboxylic acids is 3. The monoisotopic (exact) mass is 539 g/mol. The van der Waals surface area contributed by atoms with Gasteiger partial charge >= 0.3 is 5.97 Å². The number of ketones is 1. The Morgan fingerprint density at radius 2 is 1.62 bits per heavy atom. The highest BCUT2D eigenvalue weighted by molar-refractivity contribution is 9.10. The number of benzene rings is 3. The maximum absolute atomic E-state index is 13.2. The third kappa shape index (κ3) is 4.24. The van der Waals surface area contributed by atoms with Gasteiger partial charge in [-0.2, -0.15) is 0 Å². The smallest absolute Gasteiger partial charge is 0.337 e. The van der Waals surface area contributed by atoms with E-state index in [0.29, 0.717) is 27.4 Å². The van der Waals surface area contributed by atoms with Crippen molar-refractivity contribution in [2.24, 2.45) is 0 Å². The first-order valence-corrected chi connectivity index (χ1v) is 11.4. The number of esters is 1. The molecule has 1 aliphatic heterocycles. The lowest BCUT2D eigenvalue weighted by Gasteiger charge is -2.26. The Labute approximate surface area is 209 Å². The summed E-state index contributed by atoms with van der Waals surface area (Å²) in [5.41, 5.74) is 2.59. The van der Waals surface area contributed by atoms with Crippen LogP contribution in [-0.4, -0.2) is 29.9 Å². The van der Waals surface area contributed by atoms with Crippen LogP contribution >= 0.6 is 27.5 Å². The molecule has 172 valence electrons. The standard InChI is InChI=1S/C26H19BrClNO5/c1-14-3-12-19(13-20(14)27)29-22(15-4-6-17(7-5-15)26(33)34-2)21(24(31)25(29)32)23(30)16-8-10-18(28)11-9-16/h3-13,22,30H,1-2H3. The SMILES string of the molecule is COC(=O)c1ccc(C2C(=C(O)c3ccc(Cl)cc3)C(=O)C(=O)N2c2ccc(C)c(Br)c2)cc1. The number of ether oxygens (including phenoxy) is 1. The second kappa shape index (κ2) is 9.44. The van der Waals surface area contributed by atoms with Gasteiger partial charge in [-0.05, 0) is 66.6 Å². The lowest BCUT2D eigenvalue weighted by atomic mass is 9.94. The van der Waals surface area contributed by atoms with Crippen molar-refractivity contribution in [3.63, 3.8) is 0 Å². The number of hydrogen-bond donors (Lipinski definition) is 1. The molecule has 0 bridgehead atoms. The topological polar surface area (TPSA) is 83.9 Å². The first kappa shape index (κ1) is 23.7. The van der Waals surface area contributed by atoms with Crippen molar-refractivity contribution in [1.29, 1.82) is 0 Å². The molecule has 1 unspecified atom stereocenters. The zero-order valence-corrected chi connectivity index (χ0v) is 20.6. The summed E-state index contributed by atoms with van der Waals surface area (Å²) in [7, 11) is 1.28. The fourth-order valence-corrected chi connectivity index (χ4v) is 4.32. The van der Waals surface area contributed by atoms with Gasteiger partial charge in [0.25, 0.3) is 11.7 Å². The average Bonchev–Trinajstić information content (AvgIpc) is 3.11. The second-order valence-corrected chi connectivity index (χ2v) is 9.01. The molecule has 34 heavy (non-hydrogen) atoms. The Morgan fingerprint density at radius 3 is 2.21 bits per heavy atom. The maximum atomic E-state index is 13.2. The predicted molar refractivity (Wildman–Crippen MR) is 133 cm³/mol. The normalized spacial score (nSPS) is 17.2. The number of rotatable bonds is 4. The molecule has 8 heteroatoms. The van der Waals surface area contributed by atoms with E-state index in [1.165, 1.54) is 12.0 Å². The van der Waals surface area contributed by atoms with E-state index in [9.17, 15) is 19.5 Å². The number of aryl methyl sites for hydroxylation is 1. The summed E-state index contributed by atoms with van der Waals surface area (Å²) in [5.74, 6) is -2.41. The summed E-state index contributed by atoms with van der Waals surface area (Å²) in [4.78, 5) is 39.7. The van der Waals surface area contributed by atoms with Crippen molar-refractivity contribution >= 4 is 56.6 Å². The molecule has 0 aliphatic carbocycles. The van der Waals surface area contributed by atoms with Crippen LogP contribution < -0.4 is 4.90 Å². The third-order valence-corrected chi connectivity index (χ3v) is 6.75. The molecule has 0 spiro atoms. The zero-order chi connectivity index (χ0) is 24.6. The molecular weight excluding hydrogens is 522 g/mol. The van der Waals surface area contributed by atoms with Gasteiger partial charge in [-0.25, -0.2) is 4.79 Å². The first-order chi connectivity index (χ1) is 16.2. The Morgan fingerprint density at radius 1 is 1.00 bits per heavy atom. The summed E-state index contributed by atoms with van der Waals surface area (Å²) in [6, 6.07) is 17.1. The fraction of sp³-hybridized carbons (Fsp3) is 0.115. The minimum Gasteiger partial charge on any atom is -0.507 e. The number of carbonyl (C=O) groups is 3. The van der Waals surface area contributed by atoms with E-state index >= 15 is 0 Å². The van der Waals surface area contributed by atoms with Gasteiger partial charge < -0.3 is 9.84 Å².